The van der Waals surface area contributed by atoms with E-state index in [4.69, 9.17) is 4.42 Å². The lowest BCUT2D eigenvalue weighted by molar-refractivity contribution is -0.126. The van der Waals surface area contributed by atoms with Crippen LogP contribution in [0.1, 0.15) is 34.7 Å². The van der Waals surface area contributed by atoms with E-state index in [2.05, 4.69) is 25.7 Å². The lowest BCUT2D eigenvalue weighted by Gasteiger charge is -2.31. The molecule has 1 aliphatic rings. The molecule has 0 spiro atoms. The SMILES string of the molecule is Cc1cc(C(=O)NNC(=O)C2CCN(c3cnccn3)CC2)c(C)o1. The van der Waals surface area contributed by atoms with Gasteiger partial charge in [-0.3, -0.25) is 25.4 Å². The molecule has 1 fully saturated rings. The average molecular weight is 343 g/mol. The van der Waals surface area contributed by atoms with E-state index < -0.39 is 0 Å². The van der Waals surface area contributed by atoms with Gasteiger partial charge in [0.2, 0.25) is 5.91 Å². The molecule has 8 heteroatoms. The molecule has 3 rings (SSSR count). The fourth-order valence-electron chi connectivity index (χ4n) is 2.97. The summed E-state index contributed by atoms with van der Waals surface area (Å²) in [5.74, 6) is 1.32. The van der Waals surface area contributed by atoms with E-state index in [1.165, 1.54) is 0 Å². The Hall–Kier alpha value is -2.90. The van der Waals surface area contributed by atoms with Gasteiger partial charge in [0.1, 0.15) is 17.3 Å². The number of furan rings is 1. The van der Waals surface area contributed by atoms with Crippen molar-refractivity contribution in [3.63, 3.8) is 0 Å². The number of hydrogen-bond acceptors (Lipinski definition) is 6. The van der Waals surface area contributed by atoms with Crippen molar-refractivity contribution in [2.75, 3.05) is 18.0 Å². The summed E-state index contributed by atoms with van der Waals surface area (Å²) in [6.45, 7) is 4.94. The highest BCUT2D eigenvalue weighted by Gasteiger charge is 2.26. The molecular formula is C17H21N5O3. The van der Waals surface area contributed by atoms with E-state index in [0.717, 1.165) is 18.9 Å². The van der Waals surface area contributed by atoms with Crippen LogP contribution in [0.5, 0.6) is 0 Å². The van der Waals surface area contributed by atoms with Crippen molar-refractivity contribution in [3.05, 3.63) is 41.7 Å². The molecular weight excluding hydrogens is 322 g/mol. The second-order valence-corrected chi connectivity index (χ2v) is 6.10. The maximum atomic E-state index is 12.3. The summed E-state index contributed by atoms with van der Waals surface area (Å²) in [6, 6.07) is 1.65. The number of nitrogens with zero attached hydrogens (tertiary/aromatic N) is 3. The zero-order valence-corrected chi connectivity index (χ0v) is 14.3. The maximum absolute atomic E-state index is 12.3. The zero-order valence-electron chi connectivity index (χ0n) is 14.3. The van der Waals surface area contributed by atoms with Crippen LogP contribution in [-0.2, 0) is 4.79 Å². The highest BCUT2D eigenvalue weighted by atomic mass is 16.3. The average Bonchev–Trinajstić information content (AvgIpc) is 2.98. The molecule has 8 nitrogen and oxygen atoms in total. The van der Waals surface area contributed by atoms with E-state index >= 15 is 0 Å². The number of piperidine rings is 1. The van der Waals surface area contributed by atoms with Gasteiger partial charge in [-0.25, -0.2) is 4.98 Å². The van der Waals surface area contributed by atoms with Gasteiger partial charge in [-0.1, -0.05) is 0 Å². The van der Waals surface area contributed by atoms with Crippen LogP contribution >= 0.6 is 0 Å². The molecule has 132 valence electrons. The Morgan fingerprint density at radius 2 is 1.96 bits per heavy atom. The summed E-state index contributed by atoms with van der Waals surface area (Å²) >= 11 is 0. The number of amides is 2. The molecule has 1 saturated heterocycles. The standard InChI is InChI=1S/C17H21N5O3/c1-11-9-14(12(2)25-11)17(24)21-20-16(23)13-3-7-22(8-4-13)15-10-18-5-6-19-15/h5-6,9-10,13H,3-4,7-8H2,1-2H3,(H,20,23)(H,21,24). The molecule has 2 N–H and O–H groups in total. The minimum absolute atomic E-state index is 0.139. The van der Waals surface area contributed by atoms with Gasteiger partial charge in [0.05, 0.1) is 11.8 Å². The maximum Gasteiger partial charge on any atom is 0.273 e. The van der Waals surface area contributed by atoms with Crippen LogP contribution in [0.2, 0.25) is 0 Å². The molecule has 0 atom stereocenters. The molecule has 0 bridgehead atoms. The summed E-state index contributed by atoms with van der Waals surface area (Å²) in [6.07, 6.45) is 6.40. The number of carbonyl (C=O) groups is 2. The summed E-state index contributed by atoms with van der Waals surface area (Å²) < 4.78 is 5.32. The number of aromatic nitrogens is 2. The fraction of sp³-hybridized carbons (Fsp3) is 0.412. The fourth-order valence-corrected chi connectivity index (χ4v) is 2.97. The van der Waals surface area contributed by atoms with E-state index in [-0.39, 0.29) is 17.7 Å². The Labute approximate surface area is 145 Å². The van der Waals surface area contributed by atoms with Crippen LogP contribution < -0.4 is 15.8 Å². The Morgan fingerprint density at radius 1 is 1.20 bits per heavy atom. The smallest absolute Gasteiger partial charge is 0.273 e. The predicted octanol–water partition coefficient (Wildman–Crippen LogP) is 1.36. The largest absolute Gasteiger partial charge is 0.466 e. The number of rotatable bonds is 3. The normalized spacial score (nSPS) is 15.0. The van der Waals surface area contributed by atoms with Crippen LogP contribution in [-0.4, -0.2) is 34.9 Å². The molecule has 1 aliphatic heterocycles. The zero-order chi connectivity index (χ0) is 17.8. The molecule has 25 heavy (non-hydrogen) atoms. The molecule has 0 radical (unpaired) electrons. The van der Waals surface area contributed by atoms with Crippen molar-refractivity contribution in [1.82, 2.24) is 20.8 Å². The second-order valence-electron chi connectivity index (χ2n) is 6.10. The first-order chi connectivity index (χ1) is 12.0. The number of nitrogens with one attached hydrogen (secondary N) is 2. The van der Waals surface area contributed by atoms with Gasteiger partial charge in [-0.2, -0.15) is 0 Å². The molecule has 0 saturated carbocycles. The van der Waals surface area contributed by atoms with Gasteiger partial charge in [-0.15, -0.1) is 0 Å². The second kappa shape index (κ2) is 7.33. The van der Waals surface area contributed by atoms with Crippen LogP contribution in [0.15, 0.2) is 29.1 Å². The summed E-state index contributed by atoms with van der Waals surface area (Å²) in [7, 11) is 0. The van der Waals surface area contributed by atoms with E-state index in [0.29, 0.717) is 29.9 Å². The minimum Gasteiger partial charge on any atom is -0.466 e. The molecule has 2 amide bonds. The third-order valence-electron chi connectivity index (χ3n) is 4.32. The summed E-state index contributed by atoms with van der Waals surface area (Å²) in [4.78, 5) is 34.8. The van der Waals surface area contributed by atoms with Crippen molar-refractivity contribution in [2.24, 2.45) is 5.92 Å². The first-order valence-corrected chi connectivity index (χ1v) is 8.23. The Morgan fingerprint density at radius 3 is 2.56 bits per heavy atom. The third kappa shape index (κ3) is 3.96. The number of anilines is 1. The summed E-state index contributed by atoms with van der Waals surface area (Å²) in [5.41, 5.74) is 5.40. The van der Waals surface area contributed by atoms with Gasteiger partial charge in [0.25, 0.3) is 5.91 Å². The van der Waals surface area contributed by atoms with Crippen molar-refractivity contribution in [3.8, 4) is 0 Å². The van der Waals surface area contributed by atoms with Gasteiger partial charge in [-0.05, 0) is 32.8 Å². The number of hydrogen-bond donors (Lipinski definition) is 2. The van der Waals surface area contributed by atoms with Gasteiger partial charge < -0.3 is 9.32 Å². The molecule has 3 heterocycles. The van der Waals surface area contributed by atoms with Gasteiger partial charge in [0, 0.05) is 31.4 Å². The van der Waals surface area contributed by atoms with Crippen molar-refractivity contribution in [1.29, 1.82) is 0 Å². The Balaban J connectivity index is 1.48. The minimum atomic E-state index is -0.375. The Bertz CT molecular complexity index is 751. The molecule has 0 unspecified atom stereocenters. The van der Waals surface area contributed by atoms with Crippen LogP contribution in [0, 0.1) is 19.8 Å². The van der Waals surface area contributed by atoms with Crippen molar-refractivity contribution >= 4 is 17.6 Å². The van der Waals surface area contributed by atoms with E-state index in [1.54, 1.807) is 38.5 Å². The number of aryl methyl sites for hydroxylation is 2. The summed E-state index contributed by atoms with van der Waals surface area (Å²) in [5, 5.41) is 0. The Kier molecular flexibility index (Phi) is 4.97. The van der Waals surface area contributed by atoms with Crippen molar-refractivity contribution < 1.29 is 14.0 Å². The number of hydrazine groups is 1. The molecule has 0 aliphatic carbocycles. The highest BCUT2D eigenvalue weighted by molar-refractivity contribution is 5.96. The lowest BCUT2D eigenvalue weighted by Crippen LogP contribution is -2.47. The van der Waals surface area contributed by atoms with Crippen molar-refractivity contribution in [2.45, 2.75) is 26.7 Å². The molecule has 0 aromatic carbocycles. The monoisotopic (exact) mass is 343 g/mol. The first-order valence-electron chi connectivity index (χ1n) is 8.23. The lowest BCUT2D eigenvalue weighted by atomic mass is 9.96. The topological polar surface area (TPSA) is 100 Å². The number of carbonyl (C=O) groups excluding carboxylic acids is 2. The van der Waals surface area contributed by atoms with Gasteiger partial charge >= 0.3 is 0 Å². The van der Waals surface area contributed by atoms with E-state index in [9.17, 15) is 9.59 Å². The van der Waals surface area contributed by atoms with Gasteiger partial charge in [0.15, 0.2) is 0 Å². The third-order valence-corrected chi connectivity index (χ3v) is 4.32. The van der Waals surface area contributed by atoms with Crippen LogP contribution in [0.3, 0.4) is 0 Å². The van der Waals surface area contributed by atoms with Crippen LogP contribution in [0.4, 0.5) is 5.82 Å². The molecule has 2 aromatic heterocycles. The molecule has 2 aromatic rings. The predicted molar refractivity (Wildman–Crippen MR) is 90.8 cm³/mol. The first kappa shape index (κ1) is 16.9. The quantitative estimate of drug-likeness (QED) is 0.816. The highest BCUT2D eigenvalue weighted by Crippen LogP contribution is 2.21. The van der Waals surface area contributed by atoms with E-state index in [1.807, 2.05) is 0 Å². The van der Waals surface area contributed by atoms with Crippen LogP contribution in [0.25, 0.3) is 0 Å².